The highest BCUT2D eigenvalue weighted by atomic mass is 16.5. The predicted octanol–water partition coefficient (Wildman–Crippen LogP) is 1.27. The Morgan fingerprint density at radius 2 is 2.47 bits per heavy atom. The molecule has 4 nitrogen and oxygen atoms in total. The Bertz CT molecular complexity index is 356. The molecule has 1 fully saturated rings. The minimum absolute atomic E-state index is 0.310. The van der Waals surface area contributed by atoms with Crippen molar-refractivity contribution in [1.82, 2.24) is 15.2 Å². The molecule has 0 aromatic carbocycles. The van der Waals surface area contributed by atoms with E-state index in [1.807, 2.05) is 18.5 Å². The first-order chi connectivity index (χ1) is 8.29. The number of nitrogens with zero attached hydrogens (tertiary/aromatic N) is 2. The molecule has 1 saturated heterocycles. The van der Waals surface area contributed by atoms with Crippen LogP contribution in [0.15, 0.2) is 18.5 Å². The van der Waals surface area contributed by atoms with E-state index >= 15 is 0 Å². The fourth-order valence-corrected chi connectivity index (χ4v) is 2.09. The van der Waals surface area contributed by atoms with E-state index in [2.05, 4.69) is 29.2 Å². The summed E-state index contributed by atoms with van der Waals surface area (Å²) in [5, 5.41) is 3.32. The van der Waals surface area contributed by atoms with Gasteiger partial charge in [0.15, 0.2) is 0 Å². The molecule has 2 rings (SSSR count). The van der Waals surface area contributed by atoms with Crippen molar-refractivity contribution in [3.05, 3.63) is 24.0 Å². The third-order valence-electron chi connectivity index (χ3n) is 3.08. The van der Waals surface area contributed by atoms with Gasteiger partial charge in [-0.05, 0) is 26.1 Å². The number of likely N-dealkylation sites (N-methyl/N-ethyl adjacent to an activating group) is 1. The number of hydrogen-bond donors (Lipinski definition) is 1. The molecule has 0 amide bonds. The van der Waals surface area contributed by atoms with Crippen molar-refractivity contribution >= 4 is 0 Å². The van der Waals surface area contributed by atoms with Crippen LogP contribution in [0.25, 0.3) is 0 Å². The summed E-state index contributed by atoms with van der Waals surface area (Å²) in [7, 11) is 2.13. The van der Waals surface area contributed by atoms with Crippen molar-refractivity contribution in [2.45, 2.75) is 26.0 Å². The van der Waals surface area contributed by atoms with Gasteiger partial charge in [0.05, 0.1) is 6.20 Å². The van der Waals surface area contributed by atoms with Crippen LogP contribution in [-0.2, 0) is 6.54 Å². The summed E-state index contributed by atoms with van der Waals surface area (Å²) in [5.74, 6) is 0.925. The molecule has 0 aliphatic carbocycles. The van der Waals surface area contributed by atoms with Gasteiger partial charge in [0, 0.05) is 31.4 Å². The molecular formula is C13H21N3O. The molecule has 0 radical (unpaired) electrons. The SMILES string of the molecule is CCNCc1ccncc1OC1CCN(C)C1. The van der Waals surface area contributed by atoms with E-state index in [-0.39, 0.29) is 0 Å². The fourth-order valence-electron chi connectivity index (χ4n) is 2.09. The maximum Gasteiger partial charge on any atom is 0.142 e. The lowest BCUT2D eigenvalue weighted by molar-refractivity contribution is 0.205. The van der Waals surface area contributed by atoms with Crippen molar-refractivity contribution in [3.63, 3.8) is 0 Å². The third-order valence-corrected chi connectivity index (χ3v) is 3.08. The molecule has 2 heterocycles. The Morgan fingerprint density at radius 1 is 1.59 bits per heavy atom. The predicted molar refractivity (Wildman–Crippen MR) is 68.1 cm³/mol. The van der Waals surface area contributed by atoms with Crippen LogP contribution in [0.4, 0.5) is 0 Å². The van der Waals surface area contributed by atoms with Crippen LogP contribution in [0.3, 0.4) is 0 Å². The van der Waals surface area contributed by atoms with E-state index in [9.17, 15) is 0 Å². The van der Waals surface area contributed by atoms with Crippen LogP contribution in [-0.4, -0.2) is 42.7 Å². The minimum atomic E-state index is 0.310. The number of hydrogen-bond acceptors (Lipinski definition) is 4. The van der Waals surface area contributed by atoms with Gasteiger partial charge < -0.3 is 15.0 Å². The molecule has 1 aromatic rings. The number of ether oxygens (including phenoxy) is 1. The second-order valence-electron chi connectivity index (χ2n) is 4.55. The van der Waals surface area contributed by atoms with Crippen LogP contribution in [0.1, 0.15) is 18.9 Å². The summed E-state index contributed by atoms with van der Waals surface area (Å²) in [6.07, 6.45) is 5.06. The van der Waals surface area contributed by atoms with Gasteiger partial charge in [-0.3, -0.25) is 4.98 Å². The van der Waals surface area contributed by atoms with Crippen LogP contribution in [0, 0.1) is 0 Å². The first-order valence-corrected chi connectivity index (χ1v) is 6.28. The molecule has 1 unspecified atom stereocenters. The van der Waals surface area contributed by atoms with Crippen molar-refractivity contribution in [2.75, 3.05) is 26.7 Å². The molecule has 1 atom stereocenters. The molecule has 1 aliphatic rings. The molecule has 17 heavy (non-hydrogen) atoms. The fraction of sp³-hybridized carbons (Fsp3) is 0.615. The Balaban J connectivity index is 1.99. The third kappa shape index (κ3) is 3.41. The van der Waals surface area contributed by atoms with E-state index in [1.165, 1.54) is 5.56 Å². The Labute approximate surface area is 103 Å². The first kappa shape index (κ1) is 12.3. The van der Waals surface area contributed by atoms with E-state index < -0.39 is 0 Å². The second kappa shape index (κ2) is 5.98. The smallest absolute Gasteiger partial charge is 0.142 e. The summed E-state index contributed by atoms with van der Waals surface area (Å²) in [4.78, 5) is 6.44. The minimum Gasteiger partial charge on any atom is -0.487 e. The van der Waals surface area contributed by atoms with Gasteiger partial charge in [-0.25, -0.2) is 0 Å². The Morgan fingerprint density at radius 3 is 3.18 bits per heavy atom. The Kier molecular flexibility index (Phi) is 4.34. The van der Waals surface area contributed by atoms with Gasteiger partial charge in [0.1, 0.15) is 11.9 Å². The maximum atomic E-state index is 6.03. The highest BCUT2D eigenvalue weighted by molar-refractivity contribution is 5.30. The molecule has 94 valence electrons. The standard InChI is InChI=1S/C13H21N3O/c1-3-14-8-11-4-6-15-9-13(11)17-12-5-7-16(2)10-12/h4,6,9,12,14H,3,5,7-8,10H2,1-2H3. The molecule has 1 aliphatic heterocycles. The number of likely N-dealkylation sites (tertiary alicyclic amines) is 1. The molecule has 0 saturated carbocycles. The Hall–Kier alpha value is -1.13. The van der Waals surface area contributed by atoms with Gasteiger partial charge >= 0.3 is 0 Å². The van der Waals surface area contributed by atoms with E-state index in [0.717, 1.165) is 38.3 Å². The van der Waals surface area contributed by atoms with Crippen molar-refractivity contribution in [2.24, 2.45) is 0 Å². The summed E-state index contributed by atoms with van der Waals surface area (Å²) >= 11 is 0. The highest BCUT2D eigenvalue weighted by Crippen LogP contribution is 2.21. The highest BCUT2D eigenvalue weighted by Gasteiger charge is 2.21. The van der Waals surface area contributed by atoms with Gasteiger partial charge in [-0.2, -0.15) is 0 Å². The van der Waals surface area contributed by atoms with Crippen LogP contribution in [0.5, 0.6) is 5.75 Å². The quantitative estimate of drug-likeness (QED) is 0.834. The van der Waals surface area contributed by atoms with E-state index in [0.29, 0.717) is 6.10 Å². The summed E-state index contributed by atoms with van der Waals surface area (Å²) in [6.45, 7) is 6.04. The lowest BCUT2D eigenvalue weighted by atomic mass is 10.2. The topological polar surface area (TPSA) is 37.4 Å². The molecule has 0 spiro atoms. The number of rotatable bonds is 5. The maximum absolute atomic E-state index is 6.03. The number of pyridine rings is 1. The summed E-state index contributed by atoms with van der Waals surface area (Å²) in [6, 6.07) is 2.02. The van der Waals surface area contributed by atoms with E-state index in [4.69, 9.17) is 4.74 Å². The summed E-state index contributed by atoms with van der Waals surface area (Å²) in [5.41, 5.74) is 1.19. The monoisotopic (exact) mass is 235 g/mol. The lowest BCUT2D eigenvalue weighted by Crippen LogP contribution is -2.22. The molecule has 1 aromatic heterocycles. The summed E-state index contributed by atoms with van der Waals surface area (Å²) < 4.78 is 6.03. The van der Waals surface area contributed by atoms with Gasteiger partial charge in [0.2, 0.25) is 0 Å². The van der Waals surface area contributed by atoms with Crippen molar-refractivity contribution < 1.29 is 4.74 Å². The van der Waals surface area contributed by atoms with Crippen LogP contribution >= 0.6 is 0 Å². The normalized spacial score (nSPS) is 20.7. The average Bonchev–Trinajstić information content (AvgIpc) is 2.74. The first-order valence-electron chi connectivity index (χ1n) is 6.28. The lowest BCUT2D eigenvalue weighted by Gasteiger charge is -2.16. The van der Waals surface area contributed by atoms with Gasteiger partial charge in [0.25, 0.3) is 0 Å². The van der Waals surface area contributed by atoms with Crippen molar-refractivity contribution in [1.29, 1.82) is 0 Å². The molecule has 0 bridgehead atoms. The van der Waals surface area contributed by atoms with Crippen LogP contribution in [0.2, 0.25) is 0 Å². The molecule has 4 heteroatoms. The van der Waals surface area contributed by atoms with Gasteiger partial charge in [-0.15, -0.1) is 0 Å². The van der Waals surface area contributed by atoms with E-state index in [1.54, 1.807) is 0 Å². The van der Waals surface area contributed by atoms with Gasteiger partial charge in [-0.1, -0.05) is 6.92 Å². The number of aromatic nitrogens is 1. The van der Waals surface area contributed by atoms with Crippen molar-refractivity contribution in [3.8, 4) is 5.75 Å². The molecule has 1 N–H and O–H groups in total. The zero-order valence-electron chi connectivity index (χ0n) is 10.6. The van der Waals surface area contributed by atoms with Crippen LogP contribution < -0.4 is 10.1 Å². The zero-order valence-corrected chi connectivity index (χ0v) is 10.6. The molecular weight excluding hydrogens is 214 g/mol. The second-order valence-corrected chi connectivity index (χ2v) is 4.55. The largest absolute Gasteiger partial charge is 0.487 e. The average molecular weight is 235 g/mol. The number of nitrogens with one attached hydrogen (secondary N) is 1. The zero-order chi connectivity index (χ0) is 12.1.